The van der Waals surface area contributed by atoms with Gasteiger partial charge in [0.25, 0.3) is 0 Å². The van der Waals surface area contributed by atoms with Crippen molar-refractivity contribution in [3.63, 3.8) is 0 Å². The normalized spacial score (nSPS) is 11.8. The Morgan fingerprint density at radius 2 is 1.74 bits per heavy atom. The van der Waals surface area contributed by atoms with Crippen LogP contribution in [0.15, 0.2) is 24.3 Å². The molecule has 0 fully saturated rings. The van der Waals surface area contributed by atoms with Crippen molar-refractivity contribution in [3.8, 4) is 5.75 Å². The minimum absolute atomic E-state index is 0.0530. The summed E-state index contributed by atoms with van der Waals surface area (Å²) in [6.07, 6.45) is -0.604. The molecule has 0 unspecified atom stereocenters. The predicted octanol–water partition coefficient (Wildman–Crippen LogP) is 1.62. The van der Waals surface area contributed by atoms with Crippen LogP contribution >= 0.6 is 0 Å². The molecule has 1 rings (SSSR count). The molecule has 8 heteroatoms. The van der Waals surface area contributed by atoms with E-state index in [0.717, 1.165) is 0 Å². The van der Waals surface area contributed by atoms with Gasteiger partial charge in [0.1, 0.15) is 11.4 Å². The van der Waals surface area contributed by atoms with Gasteiger partial charge in [0.15, 0.2) is 0 Å². The Bertz CT molecular complexity index is 545. The van der Waals surface area contributed by atoms with Crippen molar-refractivity contribution in [1.82, 2.24) is 0 Å². The smallest absolute Gasteiger partial charge is 0.412 e. The van der Waals surface area contributed by atoms with Crippen LogP contribution in [0, 0.1) is 0 Å². The molecule has 1 amide bonds. The second kappa shape index (κ2) is 5.45. The summed E-state index contributed by atoms with van der Waals surface area (Å²) in [6.45, 7) is 5.24. The zero-order valence-electron chi connectivity index (χ0n) is 10.8. The zero-order valence-corrected chi connectivity index (χ0v) is 11.7. The summed E-state index contributed by atoms with van der Waals surface area (Å²) in [5.74, 6) is 0.0530. The molecule has 1 aromatic rings. The first-order valence-corrected chi connectivity index (χ1v) is 6.84. The SMILES string of the molecule is CC(C)(C)OC(=O)Nc1ccc(OS(N)(=O)=O)cc1. The molecule has 1 aromatic carbocycles. The highest BCUT2D eigenvalue weighted by Crippen LogP contribution is 2.17. The quantitative estimate of drug-likeness (QED) is 0.878. The molecule has 0 heterocycles. The van der Waals surface area contributed by atoms with E-state index in [1.807, 2.05) is 0 Å². The number of benzene rings is 1. The van der Waals surface area contributed by atoms with Gasteiger partial charge in [-0.3, -0.25) is 5.32 Å². The van der Waals surface area contributed by atoms with Gasteiger partial charge in [0.05, 0.1) is 0 Å². The first kappa shape index (κ1) is 15.3. The number of carbonyl (C=O) groups is 1. The highest BCUT2D eigenvalue weighted by atomic mass is 32.2. The lowest BCUT2D eigenvalue weighted by atomic mass is 10.2. The van der Waals surface area contributed by atoms with Crippen LogP contribution in [-0.2, 0) is 15.0 Å². The molecule has 106 valence electrons. The third-order valence-electron chi connectivity index (χ3n) is 1.71. The Balaban J connectivity index is 2.65. The molecule has 0 aliphatic heterocycles. The number of rotatable bonds is 3. The summed E-state index contributed by atoms with van der Waals surface area (Å²) in [4.78, 5) is 11.5. The lowest BCUT2D eigenvalue weighted by Gasteiger charge is -2.19. The van der Waals surface area contributed by atoms with E-state index in [2.05, 4.69) is 9.50 Å². The highest BCUT2D eigenvalue weighted by Gasteiger charge is 2.16. The fraction of sp³-hybridized carbons (Fsp3) is 0.364. The summed E-state index contributed by atoms with van der Waals surface area (Å²) in [7, 11) is -4.05. The molecule has 0 atom stereocenters. The molecule has 0 saturated carbocycles. The van der Waals surface area contributed by atoms with E-state index in [-0.39, 0.29) is 5.75 Å². The molecule has 7 nitrogen and oxygen atoms in total. The van der Waals surface area contributed by atoms with Gasteiger partial charge >= 0.3 is 16.4 Å². The second-order valence-corrected chi connectivity index (χ2v) is 5.88. The Morgan fingerprint density at radius 3 is 2.16 bits per heavy atom. The van der Waals surface area contributed by atoms with E-state index < -0.39 is 22.0 Å². The Kier molecular flexibility index (Phi) is 4.38. The van der Waals surface area contributed by atoms with Crippen LogP contribution in [0.25, 0.3) is 0 Å². The largest absolute Gasteiger partial charge is 0.444 e. The first-order valence-electron chi connectivity index (χ1n) is 5.37. The number of carbonyl (C=O) groups excluding carboxylic acids is 1. The van der Waals surface area contributed by atoms with Gasteiger partial charge in [-0.05, 0) is 45.0 Å². The van der Waals surface area contributed by atoms with Crippen LogP contribution in [0.4, 0.5) is 10.5 Å². The zero-order chi connectivity index (χ0) is 14.7. The summed E-state index contributed by atoms with van der Waals surface area (Å²) >= 11 is 0. The maximum Gasteiger partial charge on any atom is 0.412 e. The lowest BCUT2D eigenvalue weighted by molar-refractivity contribution is 0.0636. The number of amides is 1. The number of anilines is 1. The molecule has 0 aliphatic carbocycles. The van der Waals surface area contributed by atoms with Crippen molar-refractivity contribution >= 4 is 22.1 Å². The second-order valence-electron chi connectivity index (χ2n) is 4.73. The number of ether oxygens (including phenoxy) is 1. The summed E-state index contributed by atoms with van der Waals surface area (Å²) in [6, 6.07) is 5.64. The van der Waals surface area contributed by atoms with Crippen LogP contribution < -0.4 is 14.6 Å². The van der Waals surface area contributed by atoms with E-state index in [4.69, 9.17) is 9.88 Å². The Morgan fingerprint density at radius 1 is 1.21 bits per heavy atom. The van der Waals surface area contributed by atoms with E-state index in [0.29, 0.717) is 5.69 Å². The Hall–Kier alpha value is -1.80. The molecule has 0 aromatic heterocycles. The molecular weight excluding hydrogens is 272 g/mol. The maximum absolute atomic E-state index is 11.5. The number of hydrogen-bond donors (Lipinski definition) is 2. The summed E-state index contributed by atoms with van der Waals surface area (Å²) < 4.78 is 30.9. The van der Waals surface area contributed by atoms with Gasteiger partial charge < -0.3 is 8.92 Å². The summed E-state index contributed by atoms with van der Waals surface area (Å²) in [5.41, 5.74) is -0.156. The van der Waals surface area contributed by atoms with Gasteiger partial charge in [-0.15, -0.1) is 0 Å². The van der Waals surface area contributed by atoms with Crippen LogP contribution in [0.1, 0.15) is 20.8 Å². The molecule has 0 spiro atoms. The summed E-state index contributed by atoms with van der Waals surface area (Å²) in [5, 5.41) is 7.21. The van der Waals surface area contributed by atoms with Gasteiger partial charge in [-0.1, -0.05) is 0 Å². The van der Waals surface area contributed by atoms with Gasteiger partial charge in [0.2, 0.25) is 0 Å². The van der Waals surface area contributed by atoms with Gasteiger partial charge in [0, 0.05) is 5.69 Å². The molecule has 0 bridgehead atoms. The van der Waals surface area contributed by atoms with Crippen molar-refractivity contribution in [2.45, 2.75) is 26.4 Å². The fourth-order valence-electron chi connectivity index (χ4n) is 1.15. The molecule has 19 heavy (non-hydrogen) atoms. The van der Waals surface area contributed by atoms with Crippen molar-refractivity contribution in [1.29, 1.82) is 0 Å². The monoisotopic (exact) mass is 288 g/mol. The Labute approximate surface area is 112 Å². The number of nitrogens with one attached hydrogen (secondary N) is 1. The van der Waals surface area contributed by atoms with E-state index in [1.54, 1.807) is 20.8 Å². The van der Waals surface area contributed by atoms with Crippen molar-refractivity contribution in [2.75, 3.05) is 5.32 Å². The third kappa shape index (κ3) is 6.63. The number of nitrogens with two attached hydrogens (primary N) is 1. The van der Waals surface area contributed by atoms with E-state index in [1.165, 1.54) is 24.3 Å². The minimum atomic E-state index is -4.05. The highest BCUT2D eigenvalue weighted by molar-refractivity contribution is 7.84. The molecule has 0 radical (unpaired) electrons. The first-order chi connectivity index (χ1) is 8.55. The molecule has 0 aliphatic rings. The van der Waals surface area contributed by atoms with Crippen molar-refractivity contribution in [3.05, 3.63) is 24.3 Å². The van der Waals surface area contributed by atoms with Crippen LogP contribution in [0.2, 0.25) is 0 Å². The topological polar surface area (TPSA) is 108 Å². The van der Waals surface area contributed by atoms with E-state index in [9.17, 15) is 13.2 Å². The van der Waals surface area contributed by atoms with Crippen molar-refractivity contribution < 1.29 is 22.1 Å². The van der Waals surface area contributed by atoms with Crippen LogP contribution in [0.3, 0.4) is 0 Å². The van der Waals surface area contributed by atoms with Crippen LogP contribution in [-0.4, -0.2) is 20.1 Å². The molecular formula is C11H16N2O5S. The lowest BCUT2D eigenvalue weighted by Crippen LogP contribution is -2.27. The van der Waals surface area contributed by atoms with E-state index >= 15 is 0 Å². The average molecular weight is 288 g/mol. The average Bonchev–Trinajstić information content (AvgIpc) is 2.15. The minimum Gasteiger partial charge on any atom is -0.444 e. The number of hydrogen-bond acceptors (Lipinski definition) is 5. The maximum atomic E-state index is 11.5. The fourth-order valence-corrected chi connectivity index (χ4v) is 1.53. The molecule has 3 N–H and O–H groups in total. The predicted molar refractivity (Wildman–Crippen MR) is 70.0 cm³/mol. The van der Waals surface area contributed by atoms with Crippen molar-refractivity contribution in [2.24, 2.45) is 5.14 Å². The third-order valence-corrected chi connectivity index (χ3v) is 2.14. The van der Waals surface area contributed by atoms with Gasteiger partial charge in [-0.25, -0.2) is 4.79 Å². The van der Waals surface area contributed by atoms with Gasteiger partial charge in [-0.2, -0.15) is 13.6 Å². The standard InChI is InChI=1S/C11H16N2O5S/c1-11(2,3)17-10(14)13-8-4-6-9(7-5-8)18-19(12,15)16/h4-7H,1-3H3,(H,13,14)(H2,12,15,16). The molecule has 0 saturated heterocycles. The van der Waals surface area contributed by atoms with Crippen LogP contribution in [0.5, 0.6) is 5.75 Å².